The number of nitrogens with zero attached hydrogens (tertiary/aromatic N) is 1. The van der Waals surface area contributed by atoms with Gasteiger partial charge in [0.1, 0.15) is 0 Å². The lowest BCUT2D eigenvalue weighted by Gasteiger charge is -2.14. The summed E-state index contributed by atoms with van der Waals surface area (Å²) in [6, 6.07) is 20.3. The molecule has 0 spiro atoms. The highest BCUT2D eigenvalue weighted by atomic mass is 35.5. The number of hydrogen-bond acceptors (Lipinski definition) is 4. The molecule has 1 aromatic heterocycles. The smallest absolute Gasteiger partial charge is 0.262 e. The highest BCUT2D eigenvalue weighted by molar-refractivity contribution is 7.92. The van der Waals surface area contributed by atoms with Crippen molar-refractivity contribution < 1.29 is 13.2 Å². The van der Waals surface area contributed by atoms with Crippen LogP contribution in [0, 0.1) is 6.92 Å². The first kappa shape index (κ1) is 20.8. The van der Waals surface area contributed by atoms with Crippen LogP contribution in [0.1, 0.15) is 15.9 Å². The lowest BCUT2D eigenvalue weighted by Crippen LogP contribution is -2.16. The van der Waals surface area contributed by atoms with Crippen LogP contribution in [0.5, 0.6) is 0 Å². The number of rotatable bonds is 5. The maximum Gasteiger partial charge on any atom is 0.262 e. The quantitative estimate of drug-likeness (QED) is 0.433. The van der Waals surface area contributed by atoms with Gasteiger partial charge in [0, 0.05) is 17.3 Å². The average Bonchev–Trinajstić information content (AvgIpc) is 2.76. The van der Waals surface area contributed by atoms with Crippen LogP contribution in [0.2, 0.25) is 5.02 Å². The summed E-state index contributed by atoms with van der Waals surface area (Å²) in [5, 5.41) is 3.90. The zero-order valence-electron chi connectivity index (χ0n) is 16.5. The predicted molar refractivity (Wildman–Crippen MR) is 123 cm³/mol. The summed E-state index contributed by atoms with van der Waals surface area (Å²) in [5.41, 5.74) is 2.13. The van der Waals surface area contributed by atoms with Crippen molar-refractivity contribution in [2.24, 2.45) is 0 Å². The summed E-state index contributed by atoms with van der Waals surface area (Å²) in [7, 11) is -3.92. The van der Waals surface area contributed by atoms with Crippen LogP contribution in [-0.4, -0.2) is 19.3 Å². The Hall–Kier alpha value is -3.42. The van der Waals surface area contributed by atoms with Gasteiger partial charge >= 0.3 is 0 Å². The fraction of sp³-hybridized carbons (Fsp3) is 0.0435. The Balaban J connectivity index is 1.65. The van der Waals surface area contributed by atoms with Crippen LogP contribution in [0.3, 0.4) is 0 Å². The van der Waals surface area contributed by atoms with Gasteiger partial charge in [0.2, 0.25) is 0 Å². The minimum absolute atomic E-state index is 0.0428. The van der Waals surface area contributed by atoms with Gasteiger partial charge in [-0.15, -0.1) is 0 Å². The first-order valence-electron chi connectivity index (χ1n) is 9.38. The molecular weight excluding hydrogens is 434 g/mol. The van der Waals surface area contributed by atoms with E-state index >= 15 is 0 Å². The minimum atomic E-state index is -3.92. The lowest BCUT2D eigenvalue weighted by molar-refractivity contribution is 0.102. The molecular formula is C23H18ClN3O3S. The Bertz CT molecular complexity index is 1400. The van der Waals surface area contributed by atoms with Crippen LogP contribution in [0.15, 0.2) is 83.9 Å². The molecule has 2 N–H and O–H groups in total. The SMILES string of the molecule is Cc1ccc(NC(=O)c2cccc3cccnc23)cc1S(=O)(=O)Nc1ccccc1Cl. The van der Waals surface area contributed by atoms with Crippen LogP contribution in [0.25, 0.3) is 10.9 Å². The molecule has 156 valence electrons. The molecule has 4 aromatic rings. The molecule has 0 saturated heterocycles. The number of carbonyl (C=O) groups excluding carboxylic acids is 1. The van der Waals surface area contributed by atoms with Crippen molar-refractivity contribution in [2.45, 2.75) is 11.8 Å². The fourth-order valence-corrected chi connectivity index (χ4v) is 4.79. The summed E-state index contributed by atoms with van der Waals surface area (Å²) in [6.45, 7) is 1.68. The molecule has 1 amide bonds. The van der Waals surface area contributed by atoms with E-state index in [1.54, 1.807) is 67.7 Å². The molecule has 0 aliphatic heterocycles. The van der Waals surface area contributed by atoms with E-state index in [9.17, 15) is 13.2 Å². The van der Waals surface area contributed by atoms with Crippen molar-refractivity contribution >= 4 is 49.8 Å². The maximum atomic E-state index is 13.0. The highest BCUT2D eigenvalue weighted by Crippen LogP contribution is 2.27. The molecule has 0 radical (unpaired) electrons. The second-order valence-corrected chi connectivity index (χ2v) is 8.96. The van der Waals surface area contributed by atoms with Gasteiger partial charge in [-0.3, -0.25) is 14.5 Å². The van der Waals surface area contributed by atoms with Gasteiger partial charge in [0.15, 0.2) is 0 Å². The van der Waals surface area contributed by atoms with Gasteiger partial charge in [-0.25, -0.2) is 8.42 Å². The van der Waals surface area contributed by atoms with Crippen LogP contribution >= 0.6 is 11.6 Å². The number of hydrogen-bond donors (Lipinski definition) is 2. The molecule has 0 atom stereocenters. The zero-order chi connectivity index (χ0) is 22.0. The number of pyridine rings is 1. The van der Waals surface area contributed by atoms with Gasteiger partial charge in [-0.05, 0) is 48.9 Å². The standard InChI is InChI=1S/C23H18ClN3O3S/c1-15-11-12-17(14-21(15)31(29,30)27-20-10-3-2-9-19(20)24)26-23(28)18-8-4-6-16-7-5-13-25-22(16)18/h2-14,27H,1H3,(H,26,28). The van der Waals surface area contributed by atoms with E-state index in [2.05, 4.69) is 15.0 Å². The number of nitrogens with one attached hydrogen (secondary N) is 2. The van der Waals surface area contributed by atoms with E-state index in [-0.39, 0.29) is 21.5 Å². The third-order valence-electron chi connectivity index (χ3n) is 4.73. The molecule has 8 heteroatoms. The van der Waals surface area contributed by atoms with E-state index in [4.69, 9.17) is 11.6 Å². The van der Waals surface area contributed by atoms with Crippen molar-refractivity contribution in [3.8, 4) is 0 Å². The average molecular weight is 452 g/mol. The normalized spacial score (nSPS) is 11.3. The van der Waals surface area contributed by atoms with E-state index in [0.717, 1.165) is 5.39 Å². The number of aromatic nitrogens is 1. The van der Waals surface area contributed by atoms with E-state index in [1.165, 1.54) is 6.07 Å². The molecule has 3 aromatic carbocycles. The lowest BCUT2D eigenvalue weighted by atomic mass is 10.1. The molecule has 0 aliphatic rings. The molecule has 0 bridgehead atoms. The molecule has 6 nitrogen and oxygen atoms in total. The van der Waals surface area contributed by atoms with Crippen LogP contribution < -0.4 is 10.0 Å². The van der Waals surface area contributed by atoms with E-state index < -0.39 is 10.0 Å². The van der Waals surface area contributed by atoms with Crippen molar-refractivity contribution in [2.75, 3.05) is 10.0 Å². The summed E-state index contributed by atoms with van der Waals surface area (Å²) < 4.78 is 28.4. The molecule has 0 fully saturated rings. The van der Waals surface area contributed by atoms with Crippen LogP contribution in [-0.2, 0) is 10.0 Å². The Kier molecular flexibility index (Phi) is 5.63. The molecule has 0 unspecified atom stereocenters. The number of para-hydroxylation sites is 2. The van der Waals surface area contributed by atoms with Gasteiger partial charge < -0.3 is 5.32 Å². The fourth-order valence-electron chi connectivity index (χ4n) is 3.20. The molecule has 4 rings (SSSR count). The summed E-state index contributed by atoms with van der Waals surface area (Å²) in [5.74, 6) is -0.379. The third-order valence-corrected chi connectivity index (χ3v) is 6.57. The summed E-state index contributed by atoms with van der Waals surface area (Å²) in [6.07, 6.45) is 1.62. The van der Waals surface area contributed by atoms with Gasteiger partial charge in [-0.1, -0.05) is 48.0 Å². The predicted octanol–water partition coefficient (Wildman–Crippen LogP) is 5.25. The van der Waals surface area contributed by atoms with Crippen molar-refractivity contribution in [3.05, 3.63) is 95.1 Å². The largest absolute Gasteiger partial charge is 0.322 e. The number of sulfonamides is 1. The number of fused-ring (bicyclic) bond motifs is 1. The number of halogens is 1. The Morgan fingerprint density at radius 1 is 0.968 bits per heavy atom. The highest BCUT2D eigenvalue weighted by Gasteiger charge is 2.20. The van der Waals surface area contributed by atoms with Crippen LogP contribution in [0.4, 0.5) is 11.4 Å². The monoisotopic (exact) mass is 451 g/mol. The molecule has 0 aliphatic carbocycles. The van der Waals surface area contributed by atoms with Gasteiger partial charge in [0.05, 0.1) is 26.7 Å². The van der Waals surface area contributed by atoms with Crippen molar-refractivity contribution in [1.82, 2.24) is 4.98 Å². The maximum absolute atomic E-state index is 13.0. The Morgan fingerprint density at radius 2 is 1.74 bits per heavy atom. The number of benzene rings is 3. The molecule has 0 saturated carbocycles. The molecule has 1 heterocycles. The van der Waals surface area contributed by atoms with Gasteiger partial charge in [-0.2, -0.15) is 0 Å². The van der Waals surface area contributed by atoms with Crippen molar-refractivity contribution in [1.29, 1.82) is 0 Å². The summed E-state index contributed by atoms with van der Waals surface area (Å²) in [4.78, 5) is 17.2. The summed E-state index contributed by atoms with van der Waals surface area (Å²) >= 11 is 6.08. The van der Waals surface area contributed by atoms with E-state index in [0.29, 0.717) is 22.3 Å². The minimum Gasteiger partial charge on any atom is -0.322 e. The zero-order valence-corrected chi connectivity index (χ0v) is 18.0. The topological polar surface area (TPSA) is 88.2 Å². The number of amides is 1. The Morgan fingerprint density at radius 3 is 2.55 bits per heavy atom. The third kappa shape index (κ3) is 4.38. The molecule has 31 heavy (non-hydrogen) atoms. The van der Waals surface area contributed by atoms with E-state index in [1.807, 2.05) is 12.1 Å². The number of carbonyl (C=O) groups is 1. The number of anilines is 2. The van der Waals surface area contributed by atoms with Crippen molar-refractivity contribution in [3.63, 3.8) is 0 Å². The van der Waals surface area contributed by atoms with Gasteiger partial charge in [0.25, 0.3) is 15.9 Å². The first-order valence-corrected chi connectivity index (χ1v) is 11.2. The Labute approximate surface area is 185 Å². The first-order chi connectivity index (χ1) is 14.8. The number of aryl methyl sites for hydroxylation is 1. The second kappa shape index (κ2) is 8.37. The second-order valence-electron chi connectivity index (χ2n) is 6.90.